The van der Waals surface area contributed by atoms with Crippen molar-refractivity contribution in [2.45, 2.75) is 58.3 Å². The summed E-state index contributed by atoms with van der Waals surface area (Å²) in [7, 11) is 0. The number of thiophene rings is 1. The molecule has 1 aliphatic carbocycles. The zero-order chi connectivity index (χ0) is 33.4. The third-order valence-electron chi connectivity index (χ3n) is 10.4. The van der Waals surface area contributed by atoms with Gasteiger partial charge in [0.05, 0.1) is 21.8 Å². The highest BCUT2D eigenvalue weighted by molar-refractivity contribution is 7.15. The number of rotatable bonds is 6. The number of anilines is 2. The van der Waals surface area contributed by atoms with Gasteiger partial charge in [-0.2, -0.15) is 0 Å². The van der Waals surface area contributed by atoms with E-state index in [-0.39, 0.29) is 17.7 Å². The van der Waals surface area contributed by atoms with Crippen molar-refractivity contribution < 1.29 is 19.1 Å². The van der Waals surface area contributed by atoms with Crippen molar-refractivity contribution >= 4 is 51.6 Å². The number of nitrogens with one attached hydrogen (secondary N) is 1. The molecule has 1 atom stereocenters. The summed E-state index contributed by atoms with van der Waals surface area (Å²) in [6, 6.07) is 20.7. The second kappa shape index (κ2) is 13.1. The second-order valence-corrected chi connectivity index (χ2v) is 14.5. The Hall–Kier alpha value is -4.60. The van der Waals surface area contributed by atoms with Crippen molar-refractivity contribution in [2.24, 2.45) is 11.1 Å². The number of para-hydroxylation sites is 1. The SMILES string of the molecule is CC1=C(c2ccc(C(N)=O)s2)CCN(C(=O)c2ccc(NC(=O)c3cc(C)cnc3C3CCC4(CCOCC4)C3)cc2)c2ccccc21. The molecule has 2 aliphatic heterocycles. The van der Waals surface area contributed by atoms with Gasteiger partial charge >= 0.3 is 0 Å². The van der Waals surface area contributed by atoms with E-state index in [0.29, 0.717) is 40.1 Å². The smallest absolute Gasteiger partial charge is 0.258 e. The Balaban J connectivity index is 1.08. The van der Waals surface area contributed by atoms with Crippen LogP contribution in [0.3, 0.4) is 0 Å². The van der Waals surface area contributed by atoms with Gasteiger partial charge in [0, 0.05) is 53.6 Å². The van der Waals surface area contributed by atoms with Gasteiger partial charge in [0.2, 0.25) is 0 Å². The Kier molecular flexibility index (Phi) is 8.74. The summed E-state index contributed by atoms with van der Waals surface area (Å²) in [6.45, 7) is 6.13. The molecule has 0 bridgehead atoms. The summed E-state index contributed by atoms with van der Waals surface area (Å²) >= 11 is 1.38. The van der Waals surface area contributed by atoms with Gasteiger partial charge in [0.25, 0.3) is 17.7 Å². The van der Waals surface area contributed by atoms with Crippen LogP contribution in [-0.4, -0.2) is 42.5 Å². The van der Waals surface area contributed by atoms with Crippen LogP contribution in [0.4, 0.5) is 11.4 Å². The third kappa shape index (κ3) is 6.20. The maximum Gasteiger partial charge on any atom is 0.258 e. The van der Waals surface area contributed by atoms with Gasteiger partial charge in [-0.15, -0.1) is 11.3 Å². The first kappa shape index (κ1) is 32.0. The van der Waals surface area contributed by atoms with Crippen LogP contribution in [-0.2, 0) is 4.74 Å². The van der Waals surface area contributed by atoms with Crippen molar-refractivity contribution in [1.29, 1.82) is 0 Å². The maximum atomic E-state index is 14.0. The molecule has 4 heterocycles. The quantitative estimate of drug-likeness (QED) is 0.219. The van der Waals surface area contributed by atoms with E-state index in [1.165, 1.54) is 11.3 Å². The highest BCUT2D eigenvalue weighted by atomic mass is 32.1. The number of primary amides is 1. The predicted molar refractivity (Wildman–Crippen MR) is 191 cm³/mol. The van der Waals surface area contributed by atoms with E-state index in [9.17, 15) is 14.4 Å². The molecule has 1 spiro atoms. The van der Waals surface area contributed by atoms with Crippen molar-refractivity contribution in [2.75, 3.05) is 30.0 Å². The van der Waals surface area contributed by atoms with Crippen LogP contribution in [0.15, 0.2) is 72.9 Å². The highest BCUT2D eigenvalue weighted by Gasteiger charge is 2.42. The van der Waals surface area contributed by atoms with Crippen LogP contribution in [0.1, 0.15) is 103 Å². The fourth-order valence-corrected chi connectivity index (χ4v) is 8.70. The van der Waals surface area contributed by atoms with Gasteiger partial charge in [-0.1, -0.05) is 18.2 Å². The van der Waals surface area contributed by atoms with Crippen LogP contribution < -0.4 is 16.0 Å². The molecule has 8 nitrogen and oxygen atoms in total. The number of nitrogens with zero attached hydrogens (tertiary/aromatic N) is 2. The van der Waals surface area contributed by atoms with Crippen LogP contribution in [0, 0.1) is 12.3 Å². The molecule has 2 fully saturated rings. The van der Waals surface area contributed by atoms with E-state index in [4.69, 9.17) is 15.5 Å². The van der Waals surface area contributed by atoms with Crippen LogP contribution in [0.2, 0.25) is 0 Å². The molecule has 2 aromatic carbocycles. The molecule has 3 aliphatic rings. The topological polar surface area (TPSA) is 115 Å². The Morgan fingerprint density at radius 2 is 1.77 bits per heavy atom. The number of carbonyl (C=O) groups excluding carboxylic acids is 3. The minimum absolute atomic E-state index is 0.119. The molecule has 48 heavy (non-hydrogen) atoms. The number of fused-ring (bicyclic) bond motifs is 1. The second-order valence-electron chi connectivity index (χ2n) is 13.4. The number of hydrogen-bond donors (Lipinski definition) is 2. The molecule has 2 aromatic heterocycles. The van der Waals surface area contributed by atoms with E-state index in [1.807, 2.05) is 54.4 Å². The number of aryl methyl sites for hydroxylation is 1. The Labute approximate surface area is 285 Å². The van der Waals surface area contributed by atoms with Gasteiger partial charge in [-0.25, -0.2) is 0 Å². The minimum atomic E-state index is -0.441. The average molecular weight is 661 g/mol. The fourth-order valence-electron chi connectivity index (χ4n) is 7.71. The summed E-state index contributed by atoms with van der Waals surface area (Å²) in [5.41, 5.74) is 13.4. The summed E-state index contributed by atoms with van der Waals surface area (Å²) in [4.78, 5) is 47.6. The summed E-state index contributed by atoms with van der Waals surface area (Å²) < 4.78 is 5.63. The first-order chi connectivity index (χ1) is 23.2. The summed E-state index contributed by atoms with van der Waals surface area (Å²) in [6.07, 6.45) is 7.87. The number of hydrogen-bond acceptors (Lipinski definition) is 6. The lowest BCUT2D eigenvalue weighted by molar-refractivity contribution is 0.0174. The van der Waals surface area contributed by atoms with Crippen LogP contribution in [0.25, 0.3) is 11.1 Å². The molecule has 4 aromatic rings. The van der Waals surface area contributed by atoms with E-state index in [0.717, 1.165) is 83.8 Å². The molecular formula is C39H40N4O4S. The molecule has 1 saturated carbocycles. The molecular weight excluding hydrogens is 621 g/mol. The lowest BCUT2D eigenvalue weighted by atomic mass is 9.77. The fraction of sp³-hybridized carbons (Fsp3) is 0.333. The molecule has 0 radical (unpaired) electrons. The Morgan fingerprint density at radius 3 is 2.52 bits per heavy atom. The monoisotopic (exact) mass is 660 g/mol. The predicted octanol–water partition coefficient (Wildman–Crippen LogP) is 7.85. The van der Waals surface area contributed by atoms with E-state index >= 15 is 0 Å². The van der Waals surface area contributed by atoms with Crippen molar-refractivity contribution in [3.63, 3.8) is 0 Å². The van der Waals surface area contributed by atoms with Gasteiger partial charge in [0.1, 0.15) is 0 Å². The van der Waals surface area contributed by atoms with Gasteiger partial charge in [0.15, 0.2) is 0 Å². The molecule has 7 rings (SSSR count). The highest BCUT2D eigenvalue weighted by Crippen LogP contribution is 2.52. The number of aromatic nitrogens is 1. The molecule has 1 unspecified atom stereocenters. The van der Waals surface area contributed by atoms with E-state index in [2.05, 4.69) is 12.2 Å². The molecule has 1 saturated heterocycles. The van der Waals surface area contributed by atoms with Crippen LogP contribution >= 0.6 is 11.3 Å². The maximum absolute atomic E-state index is 14.0. The molecule has 246 valence electrons. The van der Waals surface area contributed by atoms with E-state index in [1.54, 1.807) is 30.3 Å². The van der Waals surface area contributed by atoms with Gasteiger partial charge in [-0.3, -0.25) is 19.4 Å². The number of pyridine rings is 1. The summed E-state index contributed by atoms with van der Waals surface area (Å²) in [5, 5.41) is 3.07. The first-order valence-corrected chi connectivity index (χ1v) is 17.5. The van der Waals surface area contributed by atoms with Crippen LogP contribution in [0.5, 0.6) is 0 Å². The van der Waals surface area contributed by atoms with Crippen molar-refractivity contribution in [3.8, 4) is 0 Å². The van der Waals surface area contributed by atoms with Gasteiger partial charge in [-0.05, 0) is 123 Å². The largest absolute Gasteiger partial charge is 0.381 e. The molecule has 9 heteroatoms. The average Bonchev–Trinajstić information content (AvgIpc) is 3.72. The zero-order valence-electron chi connectivity index (χ0n) is 27.4. The summed E-state index contributed by atoms with van der Waals surface area (Å²) in [5.74, 6) is -0.489. The number of ether oxygens (including phenoxy) is 1. The van der Waals surface area contributed by atoms with Crippen molar-refractivity contribution in [1.82, 2.24) is 4.98 Å². The number of nitrogens with two attached hydrogens (primary N) is 1. The first-order valence-electron chi connectivity index (χ1n) is 16.7. The third-order valence-corrected chi connectivity index (χ3v) is 11.5. The number of amides is 3. The number of allylic oxidation sites excluding steroid dienone is 1. The number of benzene rings is 2. The lowest BCUT2D eigenvalue weighted by Crippen LogP contribution is -2.32. The zero-order valence-corrected chi connectivity index (χ0v) is 28.2. The molecule has 3 amide bonds. The van der Waals surface area contributed by atoms with Crippen molar-refractivity contribution in [3.05, 3.63) is 111 Å². The Morgan fingerprint density at radius 1 is 1.00 bits per heavy atom. The standard InChI is InChI=1S/C39H40N4O4S/c1-24-21-31(35(41-23-24)27-13-15-39(22-27)16-19-47-20-17-39)37(45)42-28-9-7-26(8-10-28)38(46)43-18-14-30(33-11-12-34(48-33)36(40)44)25(2)29-5-3-4-6-32(29)43/h3-12,21,23,27H,13-20,22H2,1-2H3,(H2,40,44)(H,42,45). The normalized spacial score (nSPS) is 18.8. The lowest BCUT2D eigenvalue weighted by Gasteiger charge is -2.33. The number of carbonyl (C=O) groups is 3. The van der Waals surface area contributed by atoms with Gasteiger partial charge < -0.3 is 20.7 Å². The molecule has 3 N–H and O–H groups in total. The minimum Gasteiger partial charge on any atom is -0.381 e. The Bertz CT molecular complexity index is 1920. The van der Waals surface area contributed by atoms with E-state index < -0.39 is 5.91 Å².